The quantitative estimate of drug-likeness (QED) is 0.743. The molecule has 0 spiro atoms. The van der Waals surface area contributed by atoms with Gasteiger partial charge in [0.15, 0.2) is 0 Å². The van der Waals surface area contributed by atoms with Gasteiger partial charge in [-0.05, 0) is 19.1 Å². The molecular formula is C8H12F2N2. The van der Waals surface area contributed by atoms with Crippen molar-refractivity contribution in [2.45, 2.75) is 25.9 Å². The van der Waals surface area contributed by atoms with Crippen LogP contribution < -0.4 is 5.73 Å². The van der Waals surface area contributed by atoms with Gasteiger partial charge in [0.25, 0.3) is 6.43 Å². The molecule has 4 heteroatoms. The average molecular weight is 174 g/mol. The van der Waals surface area contributed by atoms with Crippen molar-refractivity contribution in [3.63, 3.8) is 0 Å². The number of aromatic nitrogens is 1. The van der Waals surface area contributed by atoms with Gasteiger partial charge in [-0.1, -0.05) is 0 Å². The third kappa shape index (κ3) is 2.04. The number of nitrogens with two attached hydrogens (primary N) is 1. The number of alkyl halides is 2. The molecule has 2 nitrogen and oxygen atoms in total. The maximum atomic E-state index is 12.0. The van der Waals surface area contributed by atoms with E-state index in [0.717, 1.165) is 5.69 Å². The fraction of sp³-hybridized carbons (Fsp3) is 0.500. The van der Waals surface area contributed by atoms with Crippen molar-refractivity contribution in [2.24, 2.45) is 5.73 Å². The molecule has 0 radical (unpaired) electrons. The molecule has 1 aromatic heterocycles. The zero-order valence-corrected chi connectivity index (χ0v) is 6.87. The van der Waals surface area contributed by atoms with Gasteiger partial charge in [-0.3, -0.25) is 0 Å². The van der Waals surface area contributed by atoms with Crippen LogP contribution in [0.2, 0.25) is 0 Å². The Morgan fingerprint density at radius 2 is 2.25 bits per heavy atom. The van der Waals surface area contributed by atoms with Gasteiger partial charge < -0.3 is 10.3 Å². The molecule has 1 aromatic rings. The average Bonchev–Trinajstić information content (AvgIpc) is 2.33. The van der Waals surface area contributed by atoms with Crippen LogP contribution in [-0.4, -0.2) is 11.0 Å². The van der Waals surface area contributed by atoms with Crippen LogP contribution in [0.1, 0.15) is 18.7 Å². The highest BCUT2D eigenvalue weighted by molar-refractivity contribution is 5.10. The smallest absolute Gasteiger partial charge is 0.256 e. The van der Waals surface area contributed by atoms with Gasteiger partial charge in [0.05, 0.1) is 6.54 Å². The van der Waals surface area contributed by atoms with Crippen molar-refractivity contribution in [3.8, 4) is 0 Å². The van der Waals surface area contributed by atoms with E-state index < -0.39 is 6.43 Å². The molecule has 68 valence electrons. The fourth-order valence-electron chi connectivity index (χ4n) is 1.16. The molecule has 0 amide bonds. The molecule has 1 atom stereocenters. The molecule has 0 bridgehead atoms. The second-order valence-electron chi connectivity index (χ2n) is 2.77. The molecule has 0 fully saturated rings. The third-order valence-corrected chi connectivity index (χ3v) is 1.67. The Morgan fingerprint density at radius 3 is 2.75 bits per heavy atom. The van der Waals surface area contributed by atoms with Gasteiger partial charge >= 0.3 is 0 Å². The molecule has 1 heterocycles. The maximum absolute atomic E-state index is 12.0. The Kier molecular flexibility index (Phi) is 2.81. The van der Waals surface area contributed by atoms with Gasteiger partial charge in [0, 0.05) is 17.9 Å². The van der Waals surface area contributed by atoms with E-state index in [0.29, 0.717) is 0 Å². The highest BCUT2D eigenvalue weighted by Crippen LogP contribution is 2.12. The standard InChI is InChI=1S/C8H12F2N2/c1-6(11)7-3-2-4-12(7)5-8(9)10/h2-4,6,8H,5,11H2,1H3. The van der Waals surface area contributed by atoms with Crippen LogP contribution in [0.15, 0.2) is 18.3 Å². The minimum absolute atomic E-state index is 0.196. The summed E-state index contributed by atoms with van der Waals surface area (Å²) in [7, 11) is 0. The van der Waals surface area contributed by atoms with Crippen LogP contribution in [0.4, 0.5) is 8.78 Å². The molecule has 1 unspecified atom stereocenters. The van der Waals surface area contributed by atoms with Crippen LogP contribution in [0.25, 0.3) is 0 Å². The predicted molar refractivity (Wildman–Crippen MR) is 43.0 cm³/mol. The second kappa shape index (κ2) is 3.67. The summed E-state index contributed by atoms with van der Waals surface area (Å²) in [5.74, 6) is 0. The molecule has 0 aliphatic heterocycles. The normalized spacial score (nSPS) is 13.8. The molecule has 0 aliphatic carbocycles. The molecule has 12 heavy (non-hydrogen) atoms. The topological polar surface area (TPSA) is 30.9 Å². The first-order valence-corrected chi connectivity index (χ1v) is 3.80. The molecule has 0 aromatic carbocycles. The van der Waals surface area contributed by atoms with Crippen LogP contribution >= 0.6 is 0 Å². The van der Waals surface area contributed by atoms with E-state index >= 15 is 0 Å². The minimum Gasteiger partial charge on any atom is -0.344 e. The van der Waals surface area contributed by atoms with Crippen molar-refractivity contribution in [3.05, 3.63) is 24.0 Å². The largest absolute Gasteiger partial charge is 0.344 e. The monoisotopic (exact) mass is 174 g/mol. The van der Waals surface area contributed by atoms with E-state index in [1.807, 2.05) is 0 Å². The summed E-state index contributed by atoms with van der Waals surface area (Å²) in [6, 6.07) is 3.28. The number of halogens is 2. The molecule has 2 N–H and O–H groups in total. The maximum Gasteiger partial charge on any atom is 0.256 e. The summed E-state index contributed by atoms with van der Waals surface area (Å²) in [6.07, 6.45) is -0.708. The van der Waals surface area contributed by atoms with E-state index in [1.165, 1.54) is 4.57 Å². The van der Waals surface area contributed by atoms with Gasteiger partial charge in [-0.15, -0.1) is 0 Å². The number of hydrogen-bond acceptors (Lipinski definition) is 1. The van der Waals surface area contributed by atoms with Gasteiger partial charge in [0.2, 0.25) is 0 Å². The molecule has 1 rings (SSSR count). The zero-order chi connectivity index (χ0) is 9.14. The summed E-state index contributed by atoms with van der Waals surface area (Å²) >= 11 is 0. The van der Waals surface area contributed by atoms with E-state index in [2.05, 4.69) is 0 Å². The minimum atomic E-state index is -2.32. The molecule has 0 aliphatic rings. The van der Waals surface area contributed by atoms with Gasteiger partial charge in [-0.25, -0.2) is 8.78 Å². The number of nitrogens with zero attached hydrogens (tertiary/aromatic N) is 1. The van der Waals surface area contributed by atoms with Crippen LogP contribution in [0.3, 0.4) is 0 Å². The Balaban J connectivity index is 2.77. The van der Waals surface area contributed by atoms with Gasteiger partial charge in [0.1, 0.15) is 0 Å². The Labute approximate surface area is 70.0 Å². The zero-order valence-electron chi connectivity index (χ0n) is 6.87. The highest BCUT2D eigenvalue weighted by atomic mass is 19.3. The van der Waals surface area contributed by atoms with E-state index in [9.17, 15) is 8.78 Å². The summed E-state index contributed by atoms with van der Waals surface area (Å²) in [4.78, 5) is 0. The molecule has 0 saturated heterocycles. The molecule has 0 saturated carbocycles. The Morgan fingerprint density at radius 1 is 1.58 bits per heavy atom. The predicted octanol–water partition coefficient (Wildman–Crippen LogP) is 1.77. The lowest BCUT2D eigenvalue weighted by atomic mass is 10.2. The van der Waals surface area contributed by atoms with Crippen LogP contribution in [0, 0.1) is 0 Å². The summed E-state index contributed by atoms with van der Waals surface area (Å²) in [6.45, 7) is 1.50. The second-order valence-corrected chi connectivity index (χ2v) is 2.77. The Bertz CT molecular complexity index is 243. The van der Waals surface area contributed by atoms with Crippen molar-refractivity contribution in [1.29, 1.82) is 0 Å². The van der Waals surface area contributed by atoms with Crippen LogP contribution in [0.5, 0.6) is 0 Å². The summed E-state index contributed by atoms with van der Waals surface area (Å²) < 4.78 is 25.4. The first-order valence-electron chi connectivity index (χ1n) is 3.80. The number of hydrogen-bond donors (Lipinski definition) is 1. The van der Waals surface area contributed by atoms with Gasteiger partial charge in [-0.2, -0.15) is 0 Å². The lowest BCUT2D eigenvalue weighted by Gasteiger charge is -2.10. The lowest BCUT2D eigenvalue weighted by Crippen LogP contribution is -2.14. The highest BCUT2D eigenvalue weighted by Gasteiger charge is 2.09. The van der Waals surface area contributed by atoms with Crippen molar-refractivity contribution >= 4 is 0 Å². The van der Waals surface area contributed by atoms with Crippen LogP contribution in [-0.2, 0) is 6.54 Å². The Hall–Kier alpha value is -0.900. The fourth-order valence-corrected chi connectivity index (χ4v) is 1.16. The first kappa shape index (κ1) is 9.19. The van der Waals surface area contributed by atoms with Crippen molar-refractivity contribution < 1.29 is 8.78 Å². The van der Waals surface area contributed by atoms with Crippen molar-refractivity contribution in [1.82, 2.24) is 4.57 Å². The van der Waals surface area contributed by atoms with E-state index in [-0.39, 0.29) is 12.6 Å². The first-order chi connectivity index (χ1) is 5.61. The summed E-state index contributed by atoms with van der Waals surface area (Å²) in [5, 5.41) is 0. The third-order valence-electron chi connectivity index (χ3n) is 1.67. The summed E-state index contributed by atoms with van der Waals surface area (Å²) in [5.41, 5.74) is 6.31. The SMILES string of the molecule is CC(N)c1cccn1CC(F)F. The van der Waals surface area contributed by atoms with Crippen molar-refractivity contribution in [2.75, 3.05) is 0 Å². The van der Waals surface area contributed by atoms with E-state index in [1.54, 1.807) is 25.3 Å². The lowest BCUT2D eigenvalue weighted by molar-refractivity contribution is 0.125. The molecular weight excluding hydrogens is 162 g/mol. The van der Waals surface area contributed by atoms with E-state index in [4.69, 9.17) is 5.73 Å². The number of rotatable bonds is 3.